The number of fused-ring (bicyclic) bond motifs is 1. The Morgan fingerprint density at radius 3 is 2.44 bits per heavy atom. The van der Waals surface area contributed by atoms with Gasteiger partial charge < -0.3 is 14.8 Å². The Balaban J connectivity index is 1.39. The van der Waals surface area contributed by atoms with Crippen LogP contribution in [0.1, 0.15) is 11.1 Å². The normalized spacial score (nSPS) is 12.7. The molecule has 0 saturated heterocycles. The number of amides is 1. The molecule has 0 fully saturated rings. The molecule has 4 rings (SSSR count). The van der Waals surface area contributed by atoms with Gasteiger partial charge in [0, 0.05) is 16.8 Å². The number of nitrogens with one attached hydrogen (secondary N) is 2. The molecule has 0 aliphatic carbocycles. The van der Waals surface area contributed by atoms with E-state index in [2.05, 4.69) is 10.0 Å². The molecule has 1 aliphatic heterocycles. The van der Waals surface area contributed by atoms with E-state index in [0.717, 1.165) is 11.1 Å². The Kier molecular flexibility index (Phi) is 6.07. The first kappa shape index (κ1) is 21.7. The molecule has 3 aromatic carbocycles. The third-order valence-corrected chi connectivity index (χ3v) is 6.48. The summed E-state index contributed by atoms with van der Waals surface area (Å²) in [5, 5.41) is 3.16. The van der Waals surface area contributed by atoms with Crippen molar-refractivity contribution in [3.8, 4) is 11.5 Å². The smallest absolute Gasteiger partial charge is 0.261 e. The van der Waals surface area contributed by atoms with Crippen molar-refractivity contribution in [2.45, 2.75) is 11.8 Å². The molecule has 0 radical (unpaired) electrons. The summed E-state index contributed by atoms with van der Waals surface area (Å²) in [5.74, 6) is 0.943. The average Bonchev–Trinajstić information content (AvgIpc) is 3.23. The Bertz CT molecular complexity index is 1300. The van der Waals surface area contributed by atoms with Gasteiger partial charge in [0.15, 0.2) is 11.5 Å². The second-order valence-corrected chi connectivity index (χ2v) is 9.12. The zero-order valence-electron chi connectivity index (χ0n) is 17.0. The SMILES string of the molecule is Cc1ccc(NS(=O)(=O)c2ccc(NC(=O)C=Cc3ccc4c(c3)OCO4)cc2)cc1Cl. The van der Waals surface area contributed by atoms with Gasteiger partial charge in [-0.1, -0.05) is 23.7 Å². The predicted molar refractivity (Wildman–Crippen MR) is 124 cm³/mol. The van der Waals surface area contributed by atoms with Crippen LogP contribution in [0.4, 0.5) is 11.4 Å². The van der Waals surface area contributed by atoms with Gasteiger partial charge in [0.2, 0.25) is 12.7 Å². The molecule has 1 heterocycles. The van der Waals surface area contributed by atoms with Crippen LogP contribution in [0.2, 0.25) is 5.02 Å². The second kappa shape index (κ2) is 8.94. The number of hydrogen-bond donors (Lipinski definition) is 2. The van der Waals surface area contributed by atoms with Crippen molar-refractivity contribution in [3.63, 3.8) is 0 Å². The average molecular weight is 471 g/mol. The molecular weight excluding hydrogens is 452 g/mol. The van der Waals surface area contributed by atoms with E-state index in [0.29, 0.717) is 27.9 Å². The number of carbonyl (C=O) groups is 1. The molecule has 7 nitrogen and oxygen atoms in total. The van der Waals surface area contributed by atoms with Gasteiger partial charge in [0.25, 0.3) is 10.0 Å². The highest BCUT2D eigenvalue weighted by Gasteiger charge is 2.15. The molecule has 0 aromatic heterocycles. The second-order valence-electron chi connectivity index (χ2n) is 7.03. The summed E-state index contributed by atoms with van der Waals surface area (Å²) >= 11 is 6.06. The summed E-state index contributed by atoms with van der Waals surface area (Å²) in [4.78, 5) is 12.3. The molecule has 2 N–H and O–H groups in total. The minimum Gasteiger partial charge on any atom is -0.454 e. The number of anilines is 2. The number of rotatable bonds is 6. The van der Waals surface area contributed by atoms with E-state index in [1.165, 1.54) is 30.3 Å². The number of aryl methyl sites for hydroxylation is 1. The Hall–Kier alpha value is -3.49. The van der Waals surface area contributed by atoms with Gasteiger partial charge in [-0.3, -0.25) is 9.52 Å². The maximum absolute atomic E-state index is 12.6. The number of hydrogen-bond acceptors (Lipinski definition) is 5. The molecule has 1 amide bonds. The summed E-state index contributed by atoms with van der Waals surface area (Å²) in [5.41, 5.74) is 2.46. The van der Waals surface area contributed by atoms with Crippen LogP contribution in [0.5, 0.6) is 11.5 Å². The molecule has 0 saturated carbocycles. The standard InChI is InChI=1S/C23H19ClN2O5S/c1-15-2-5-18(13-20(15)24)26-32(28,29)19-8-6-17(7-9-19)25-23(27)11-4-16-3-10-21-22(12-16)31-14-30-21/h2-13,26H,14H2,1H3,(H,25,27). The maximum Gasteiger partial charge on any atom is 0.261 e. The van der Waals surface area contributed by atoms with E-state index in [9.17, 15) is 13.2 Å². The topological polar surface area (TPSA) is 93.7 Å². The summed E-state index contributed by atoms with van der Waals surface area (Å²) in [6.07, 6.45) is 3.03. The van der Waals surface area contributed by atoms with Crippen LogP contribution in [0.15, 0.2) is 71.6 Å². The Labute approximate surface area is 190 Å². The Morgan fingerprint density at radius 2 is 1.69 bits per heavy atom. The van der Waals surface area contributed by atoms with E-state index in [1.54, 1.807) is 36.4 Å². The van der Waals surface area contributed by atoms with Gasteiger partial charge in [-0.25, -0.2) is 8.42 Å². The minimum absolute atomic E-state index is 0.0584. The van der Waals surface area contributed by atoms with E-state index >= 15 is 0 Å². The summed E-state index contributed by atoms with van der Waals surface area (Å²) in [6, 6.07) is 16.1. The van der Waals surface area contributed by atoms with Crippen LogP contribution in [0, 0.1) is 6.92 Å². The first-order chi connectivity index (χ1) is 15.3. The van der Waals surface area contributed by atoms with Crippen LogP contribution in [-0.2, 0) is 14.8 Å². The van der Waals surface area contributed by atoms with Crippen molar-refractivity contribution in [1.29, 1.82) is 0 Å². The quantitative estimate of drug-likeness (QED) is 0.503. The van der Waals surface area contributed by atoms with Crippen molar-refractivity contribution in [2.75, 3.05) is 16.8 Å². The fourth-order valence-corrected chi connectivity index (χ4v) is 4.19. The molecule has 0 spiro atoms. The number of halogens is 1. The van der Waals surface area contributed by atoms with Gasteiger partial charge in [-0.15, -0.1) is 0 Å². The fraction of sp³-hybridized carbons (Fsp3) is 0.0870. The van der Waals surface area contributed by atoms with Crippen molar-refractivity contribution < 1.29 is 22.7 Å². The number of benzene rings is 3. The Morgan fingerprint density at radius 1 is 0.969 bits per heavy atom. The third kappa shape index (κ3) is 5.04. The zero-order valence-corrected chi connectivity index (χ0v) is 18.5. The van der Waals surface area contributed by atoms with E-state index in [1.807, 2.05) is 13.0 Å². The van der Waals surface area contributed by atoms with E-state index in [-0.39, 0.29) is 17.6 Å². The first-order valence-corrected chi connectivity index (χ1v) is 11.4. The minimum atomic E-state index is -3.80. The monoisotopic (exact) mass is 470 g/mol. The largest absolute Gasteiger partial charge is 0.454 e. The van der Waals surface area contributed by atoms with Crippen LogP contribution < -0.4 is 19.5 Å². The molecule has 3 aromatic rings. The lowest BCUT2D eigenvalue weighted by atomic mass is 10.2. The van der Waals surface area contributed by atoms with Gasteiger partial charge in [0.05, 0.1) is 10.6 Å². The van der Waals surface area contributed by atoms with Crippen molar-refractivity contribution in [2.24, 2.45) is 0 Å². The lowest BCUT2D eigenvalue weighted by Gasteiger charge is -2.10. The molecule has 0 atom stereocenters. The van der Waals surface area contributed by atoms with Crippen LogP contribution in [0.25, 0.3) is 6.08 Å². The van der Waals surface area contributed by atoms with Crippen LogP contribution in [0.3, 0.4) is 0 Å². The number of carbonyl (C=O) groups excluding carboxylic acids is 1. The molecular formula is C23H19ClN2O5S. The summed E-state index contributed by atoms with van der Waals surface area (Å²) < 4.78 is 38.3. The maximum atomic E-state index is 12.6. The summed E-state index contributed by atoms with van der Waals surface area (Å²) in [6.45, 7) is 2.01. The lowest BCUT2D eigenvalue weighted by molar-refractivity contribution is -0.111. The van der Waals surface area contributed by atoms with Gasteiger partial charge >= 0.3 is 0 Å². The molecule has 1 aliphatic rings. The molecule has 0 bridgehead atoms. The third-order valence-electron chi connectivity index (χ3n) is 4.68. The van der Waals surface area contributed by atoms with Gasteiger partial charge in [0.1, 0.15) is 0 Å². The van der Waals surface area contributed by atoms with Crippen molar-refractivity contribution in [3.05, 3.63) is 82.9 Å². The first-order valence-electron chi connectivity index (χ1n) is 9.58. The fourth-order valence-electron chi connectivity index (χ4n) is 2.96. The molecule has 32 heavy (non-hydrogen) atoms. The van der Waals surface area contributed by atoms with Crippen LogP contribution in [-0.4, -0.2) is 21.1 Å². The molecule has 164 valence electrons. The zero-order chi connectivity index (χ0) is 22.7. The van der Waals surface area contributed by atoms with Gasteiger partial charge in [-0.2, -0.15) is 0 Å². The highest BCUT2D eigenvalue weighted by Crippen LogP contribution is 2.32. The number of sulfonamides is 1. The molecule has 0 unspecified atom stereocenters. The van der Waals surface area contributed by atoms with E-state index in [4.69, 9.17) is 21.1 Å². The summed E-state index contributed by atoms with van der Waals surface area (Å²) in [7, 11) is -3.80. The predicted octanol–water partition coefficient (Wildman–Crippen LogP) is 4.83. The van der Waals surface area contributed by atoms with E-state index < -0.39 is 10.0 Å². The molecule has 9 heteroatoms. The number of ether oxygens (including phenoxy) is 2. The van der Waals surface area contributed by atoms with Gasteiger partial charge in [-0.05, 0) is 72.7 Å². The van der Waals surface area contributed by atoms with Crippen LogP contribution >= 0.6 is 11.6 Å². The lowest BCUT2D eigenvalue weighted by Crippen LogP contribution is -2.13. The highest BCUT2D eigenvalue weighted by molar-refractivity contribution is 7.92. The van der Waals surface area contributed by atoms with Crippen molar-refractivity contribution >= 4 is 45.0 Å². The van der Waals surface area contributed by atoms with Crippen molar-refractivity contribution in [1.82, 2.24) is 0 Å². The highest BCUT2D eigenvalue weighted by atomic mass is 35.5.